The van der Waals surface area contributed by atoms with Gasteiger partial charge in [-0.1, -0.05) is 19.1 Å². The number of rotatable bonds is 4. The molecule has 7 nitrogen and oxygen atoms in total. The summed E-state index contributed by atoms with van der Waals surface area (Å²) in [4.78, 5) is 0.0960. The SMILES string of the molecule is CC1CCN(S(=O)(=O)Nc2[nH]ncc2C(N)=S)CC1. The van der Waals surface area contributed by atoms with Crippen molar-refractivity contribution in [2.75, 3.05) is 17.8 Å². The third-order valence-corrected chi connectivity index (χ3v) is 4.95. The van der Waals surface area contributed by atoms with Gasteiger partial charge in [0.1, 0.15) is 10.8 Å². The number of nitrogens with two attached hydrogens (primary N) is 1. The normalized spacial score (nSPS) is 18.4. The predicted molar refractivity (Wildman–Crippen MR) is 77.0 cm³/mol. The molecule has 4 N–H and O–H groups in total. The van der Waals surface area contributed by atoms with Crippen molar-refractivity contribution in [3.8, 4) is 0 Å². The van der Waals surface area contributed by atoms with E-state index in [1.54, 1.807) is 0 Å². The highest BCUT2D eigenvalue weighted by molar-refractivity contribution is 7.90. The first-order valence-electron chi connectivity index (χ1n) is 6.01. The Bertz CT molecular complexity index is 560. The van der Waals surface area contributed by atoms with Crippen LogP contribution in [0.2, 0.25) is 0 Å². The Kier molecular flexibility index (Phi) is 4.07. The van der Waals surface area contributed by atoms with Crippen LogP contribution in [0, 0.1) is 5.92 Å². The largest absolute Gasteiger partial charge is 0.389 e. The summed E-state index contributed by atoms with van der Waals surface area (Å²) in [6.45, 7) is 3.16. The molecule has 0 spiro atoms. The minimum Gasteiger partial charge on any atom is -0.389 e. The molecule has 1 aliphatic rings. The highest BCUT2D eigenvalue weighted by Crippen LogP contribution is 2.20. The number of hydrogen-bond acceptors (Lipinski definition) is 4. The summed E-state index contributed by atoms with van der Waals surface area (Å²) in [5, 5.41) is 6.30. The Morgan fingerprint density at radius 2 is 2.21 bits per heavy atom. The lowest BCUT2D eigenvalue weighted by molar-refractivity contribution is 0.289. The van der Waals surface area contributed by atoms with Crippen LogP contribution in [0.3, 0.4) is 0 Å². The lowest BCUT2D eigenvalue weighted by Gasteiger charge is -2.29. The molecule has 0 unspecified atom stereocenters. The van der Waals surface area contributed by atoms with Crippen LogP contribution in [0.4, 0.5) is 5.82 Å². The maximum Gasteiger partial charge on any atom is 0.302 e. The molecule has 0 atom stereocenters. The standard InChI is InChI=1S/C10H17N5O2S2/c1-7-2-4-15(5-3-7)19(16,17)14-10-8(9(11)18)6-12-13-10/h6-7H,2-5H2,1H3,(H2,11,18)(H2,12,13,14). The maximum atomic E-state index is 12.2. The minimum atomic E-state index is -3.59. The second kappa shape index (κ2) is 5.43. The number of H-pyrrole nitrogens is 1. The van der Waals surface area contributed by atoms with Crippen molar-refractivity contribution in [2.24, 2.45) is 11.7 Å². The van der Waals surface area contributed by atoms with Crippen molar-refractivity contribution in [3.05, 3.63) is 11.8 Å². The molecule has 106 valence electrons. The number of hydrogen-bond donors (Lipinski definition) is 3. The van der Waals surface area contributed by atoms with Crippen LogP contribution in [-0.4, -0.2) is 41.0 Å². The lowest BCUT2D eigenvalue weighted by Crippen LogP contribution is -2.41. The van der Waals surface area contributed by atoms with E-state index in [1.807, 2.05) is 0 Å². The van der Waals surface area contributed by atoms with Gasteiger partial charge < -0.3 is 5.73 Å². The van der Waals surface area contributed by atoms with E-state index < -0.39 is 10.2 Å². The zero-order chi connectivity index (χ0) is 14.0. The van der Waals surface area contributed by atoms with Crippen LogP contribution < -0.4 is 10.5 Å². The molecular formula is C10H17N5O2S2. The fraction of sp³-hybridized carbons (Fsp3) is 0.600. The van der Waals surface area contributed by atoms with Crippen molar-refractivity contribution in [3.63, 3.8) is 0 Å². The average molecular weight is 303 g/mol. The molecule has 2 heterocycles. The Labute approximate surface area is 117 Å². The minimum absolute atomic E-state index is 0.0960. The summed E-state index contributed by atoms with van der Waals surface area (Å²) in [7, 11) is -3.59. The summed E-state index contributed by atoms with van der Waals surface area (Å²) in [5.74, 6) is 0.775. The van der Waals surface area contributed by atoms with Crippen molar-refractivity contribution < 1.29 is 8.42 Å². The highest BCUT2D eigenvalue weighted by atomic mass is 32.2. The Morgan fingerprint density at radius 3 is 2.79 bits per heavy atom. The van der Waals surface area contributed by atoms with Gasteiger partial charge in [0.05, 0.1) is 11.8 Å². The first kappa shape index (κ1) is 14.2. The average Bonchev–Trinajstić information content (AvgIpc) is 2.77. The third kappa shape index (κ3) is 3.23. The molecular weight excluding hydrogens is 286 g/mol. The molecule has 0 aromatic carbocycles. The monoisotopic (exact) mass is 303 g/mol. The van der Waals surface area contributed by atoms with E-state index in [9.17, 15) is 8.42 Å². The Morgan fingerprint density at radius 1 is 1.58 bits per heavy atom. The van der Waals surface area contributed by atoms with Crippen LogP contribution in [0.25, 0.3) is 0 Å². The zero-order valence-electron chi connectivity index (χ0n) is 10.6. The van der Waals surface area contributed by atoms with Gasteiger partial charge >= 0.3 is 10.2 Å². The summed E-state index contributed by atoms with van der Waals surface area (Å²) in [5.41, 5.74) is 5.89. The molecule has 0 aliphatic carbocycles. The van der Waals surface area contributed by atoms with Gasteiger partial charge in [0.25, 0.3) is 0 Å². The van der Waals surface area contributed by atoms with Gasteiger partial charge in [-0.2, -0.15) is 17.8 Å². The molecule has 1 saturated heterocycles. The summed E-state index contributed by atoms with van der Waals surface area (Å²) in [6.07, 6.45) is 3.14. The van der Waals surface area contributed by atoms with E-state index in [1.165, 1.54) is 10.5 Å². The first-order valence-corrected chi connectivity index (χ1v) is 7.86. The molecule has 1 aromatic heterocycles. The summed E-state index contributed by atoms with van der Waals surface area (Å²) in [6, 6.07) is 0. The molecule has 1 fully saturated rings. The van der Waals surface area contributed by atoms with Crippen molar-refractivity contribution in [1.29, 1.82) is 0 Å². The topological polar surface area (TPSA) is 104 Å². The molecule has 9 heteroatoms. The van der Waals surface area contributed by atoms with E-state index in [4.69, 9.17) is 18.0 Å². The lowest BCUT2D eigenvalue weighted by atomic mass is 10.0. The number of aromatic nitrogens is 2. The zero-order valence-corrected chi connectivity index (χ0v) is 12.2. The molecule has 0 radical (unpaired) electrons. The van der Waals surface area contributed by atoms with Gasteiger partial charge in [0.2, 0.25) is 0 Å². The van der Waals surface area contributed by atoms with E-state index in [0.717, 1.165) is 12.8 Å². The molecule has 1 aromatic rings. The summed E-state index contributed by atoms with van der Waals surface area (Å²) >= 11 is 4.83. The number of piperidine rings is 1. The molecule has 0 amide bonds. The molecule has 19 heavy (non-hydrogen) atoms. The van der Waals surface area contributed by atoms with Gasteiger partial charge in [0, 0.05) is 13.1 Å². The second-order valence-electron chi connectivity index (χ2n) is 4.71. The van der Waals surface area contributed by atoms with Crippen LogP contribution in [0.1, 0.15) is 25.3 Å². The number of nitrogens with one attached hydrogen (secondary N) is 2. The smallest absolute Gasteiger partial charge is 0.302 e. The van der Waals surface area contributed by atoms with Gasteiger partial charge in [-0.25, -0.2) is 0 Å². The van der Waals surface area contributed by atoms with Gasteiger partial charge in [-0.05, 0) is 18.8 Å². The predicted octanol–water partition coefficient (Wildman–Crippen LogP) is 0.432. The summed E-state index contributed by atoms with van der Waals surface area (Å²) < 4.78 is 28.3. The van der Waals surface area contributed by atoms with Crippen LogP contribution >= 0.6 is 12.2 Å². The van der Waals surface area contributed by atoms with Crippen molar-refractivity contribution in [2.45, 2.75) is 19.8 Å². The second-order valence-corrected chi connectivity index (χ2v) is 6.82. The molecule has 1 aliphatic heterocycles. The van der Waals surface area contributed by atoms with Crippen molar-refractivity contribution in [1.82, 2.24) is 14.5 Å². The number of nitrogens with zero attached hydrogens (tertiary/aromatic N) is 2. The number of aromatic amines is 1. The van der Waals surface area contributed by atoms with Crippen LogP contribution in [0.5, 0.6) is 0 Å². The van der Waals surface area contributed by atoms with Gasteiger partial charge in [-0.3, -0.25) is 9.82 Å². The number of thiocarbonyl (C=S) groups is 1. The van der Waals surface area contributed by atoms with Crippen molar-refractivity contribution >= 4 is 33.2 Å². The fourth-order valence-corrected chi connectivity index (χ4v) is 3.36. The molecule has 0 bridgehead atoms. The van der Waals surface area contributed by atoms with E-state index in [-0.39, 0.29) is 10.8 Å². The molecule has 2 rings (SSSR count). The van der Waals surface area contributed by atoms with Gasteiger partial charge in [-0.15, -0.1) is 0 Å². The third-order valence-electron chi connectivity index (χ3n) is 3.22. The quantitative estimate of drug-likeness (QED) is 0.700. The van der Waals surface area contributed by atoms with E-state index in [2.05, 4.69) is 21.8 Å². The maximum absolute atomic E-state index is 12.2. The van der Waals surface area contributed by atoms with E-state index >= 15 is 0 Å². The molecule has 0 saturated carbocycles. The highest BCUT2D eigenvalue weighted by Gasteiger charge is 2.27. The van der Waals surface area contributed by atoms with Crippen LogP contribution in [0.15, 0.2) is 6.20 Å². The first-order chi connectivity index (χ1) is 8.90. The van der Waals surface area contributed by atoms with Gasteiger partial charge in [0.15, 0.2) is 0 Å². The Balaban J connectivity index is 2.13. The Hall–Kier alpha value is -1.19. The van der Waals surface area contributed by atoms with E-state index in [0.29, 0.717) is 24.6 Å². The fourth-order valence-electron chi connectivity index (χ4n) is 1.97. The number of anilines is 1. The van der Waals surface area contributed by atoms with Crippen LogP contribution in [-0.2, 0) is 10.2 Å².